The normalized spacial score (nSPS) is 17.6. The molecule has 0 aliphatic carbocycles. The largest absolute Gasteiger partial charge is 0.381 e. The number of benzene rings is 1. The monoisotopic (exact) mass is 405 g/mol. The van der Waals surface area contributed by atoms with Crippen molar-refractivity contribution in [3.8, 4) is 0 Å². The third-order valence-corrected chi connectivity index (χ3v) is 5.90. The molecule has 28 heavy (non-hydrogen) atoms. The zero-order chi connectivity index (χ0) is 21.3. The second-order valence-corrected chi connectivity index (χ2v) is 7.19. The summed E-state index contributed by atoms with van der Waals surface area (Å²) >= 11 is 1.47. The van der Waals surface area contributed by atoms with E-state index in [1.807, 2.05) is 39.8 Å². The number of carbonyl (C=O) groups excluding carboxylic acids is 1. The first-order valence-electron chi connectivity index (χ1n) is 10.2. The van der Waals surface area contributed by atoms with Gasteiger partial charge in [-0.3, -0.25) is 15.6 Å². The van der Waals surface area contributed by atoms with Gasteiger partial charge < -0.3 is 16.1 Å². The predicted molar refractivity (Wildman–Crippen MR) is 125 cm³/mol. The molecule has 1 atom stereocenters. The number of carbonyl (C=O) groups is 1. The van der Waals surface area contributed by atoms with Crippen molar-refractivity contribution in [3.05, 3.63) is 17.0 Å². The molecule has 0 spiro atoms. The van der Waals surface area contributed by atoms with E-state index in [2.05, 4.69) is 41.6 Å². The summed E-state index contributed by atoms with van der Waals surface area (Å²) in [7, 11) is 0. The van der Waals surface area contributed by atoms with Crippen molar-refractivity contribution in [1.29, 1.82) is 0 Å². The van der Waals surface area contributed by atoms with E-state index in [4.69, 9.17) is 5.84 Å². The highest BCUT2D eigenvalue weighted by atomic mass is 32.1. The minimum atomic E-state index is -0.221. The van der Waals surface area contributed by atoms with Crippen LogP contribution in [0.5, 0.6) is 0 Å². The molecule has 1 aliphatic rings. The van der Waals surface area contributed by atoms with Crippen LogP contribution < -0.4 is 21.9 Å². The zero-order valence-electron chi connectivity index (χ0n) is 18.0. The van der Waals surface area contributed by atoms with E-state index >= 15 is 0 Å². The second kappa shape index (κ2) is 11.0. The third-order valence-electron chi connectivity index (χ3n) is 4.74. The highest BCUT2D eigenvalue weighted by Crippen LogP contribution is 2.45. The molecule has 1 aromatic carbocycles. The van der Waals surface area contributed by atoms with Crippen LogP contribution in [0.15, 0.2) is 17.1 Å². The van der Waals surface area contributed by atoms with Gasteiger partial charge in [0, 0.05) is 16.6 Å². The number of nitrogens with one attached hydrogen (secondary N) is 3. The van der Waals surface area contributed by atoms with Gasteiger partial charge in [0.25, 0.3) is 5.91 Å². The molecule has 7 heteroatoms. The van der Waals surface area contributed by atoms with Crippen LogP contribution >= 0.6 is 11.3 Å². The van der Waals surface area contributed by atoms with Crippen molar-refractivity contribution < 1.29 is 4.79 Å². The number of aliphatic imine (C=N–C) groups is 1. The number of nitrogens with zero attached hydrogens (tertiary/aromatic N) is 1. The number of anilines is 2. The number of hydrogen-bond acceptors (Lipinski definition) is 6. The predicted octanol–water partition coefficient (Wildman–Crippen LogP) is 5.68. The fourth-order valence-electron chi connectivity index (χ4n) is 3.41. The van der Waals surface area contributed by atoms with E-state index in [0.29, 0.717) is 22.8 Å². The summed E-state index contributed by atoms with van der Waals surface area (Å²) in [6.07, 6.45) is 2.84. The number of hydrazine groups is 1. The van der Waals surface area contributed by atoms with Crippen molar-refractivity contribution in [3.63, 3.8) is 0 Å². The average Bonchev–Trinajstić information content (AvgIpc) is 3.06. The number of nitrogen functional groups attached to an aromatic ring is 1. The highest BCUT2D eigenvalue weighted by Gasteiger charge is 2.35. The van der Waals surface area contributed by atoms with E-state index in [-0.39, 0.29) is 11.4 Å². The molecule has 0 saturated heterocycles. The fraction of sp³-hybridized carbons (Fsp3) is 0.524. The smallest absolute Gasteiger partial charge is 0.264 e. The molecule has 2 heterocycles. The van der Waals surface area contributed by atoms with Crippen molar-refractivity contribution in [2.75, 3.05) is 17.3 Å². The molecule has 1 amide bonds. The van der Waals surface area contributed by atoms with Gasteiger partial charge in [-0.1, -0.05) is 48.0 Å². The lowest BCUT2D eigenvalue weighted by molar-refractivity contribution is 0.0904. The number of nitrogens with two attached hydrogens (primary N) is 1. The van der Waals surface area contributed by atoms with Crippen LogP contribution in [-0.4, -0.2) is 24.7 Å². The van der Waals surface area contributed by atoms with Gasteiger partial charge in [-0.05, 0) is 31.7 Å². The summed E-state index contributed by atoms with van der Waals surface area (Å²) < 4.78 is 0.988. The Morgan fingerprint density at radius 2 is 1.96 bits per heavy atom. The Kier molecular flexibility index (Phi) is 9.41. The van der Waals surface area contributed by atoms with E-state index < -0.39 is 0 Å². The summed E-state index contributed by atoms with van der Waals surface area (Å²) in [5.74, 6) is 5.70. The maximum absolute atomic E-state index is 12.9. The molecule has 0 bridgehead atoms. The van der Waals surface area contributed by atoms with E-state index in [1.54, 1.807) is 0 Å². The van der Waals surface area contributed by atoms with Gasteiger partial charge in [-0.15, -0.1) is 11.3 Å². The number of thiophene rings is 1. The van der Waals surface area contributed by atoms with Gasteiger partial charge in [-0.25, -0.2) is 0 Å². The quantitative estimate of drug-likeness (QED) is 0.293. The van der Waals surface area contributed by atoms with Gasteiger partial charge in [0.1, 0.15) is 4.88 Å². The first-order valence-corrected chi connectivity index (χ1v) is 11.0. The van der Waals surface area contributed by atoms with Crippen molar-refractivity contribution in [2.45, 2.75) is 66.3 Å². The molecule has 0 saturated carbocycles. The molecular formula is C21H35N5OS. The molecule has 2 aromatic rings. The van der Waals surface area contributed by atoms with Gasteiger partial charge in [0.05, 0.1) is 22.6 Å². The van der Waals surface area contributed by atoms with Crippen LogP contribution in [0.1, 0.15) is 70.5 Å². The van der Waals surface area contributed by atoms with Crippen LogP contribution in [-0.2, 0) is 0 Å². The summed E-state index contributed by atoms with van der Waals surface area (Å²) in [5.41, 5.74) is 4.70. The van der Waals surface area contributed by atoms with Gasteiger partial charge in [-0.2, -0.15) is 0 Å². The Bertz CT molecular complexity index is 802. The van der Waals surface area contributed by atoms with Crippen LogP contribution in [0.4, 0.5) is 17.1 Å². The molecule has 0 radical (unpaired) electrons. The molecule has 0 fully saturated rings. The van der Waals surface area contributed by atoms with Crippen LogP contribution in [0.2, 0.25) is 0 Å². The Labute approximate surface area is 173 Å². The molecule has 5 N–H and O–H groups in total. The maximum atomic E-state index is 12.9. The second-order valence-electron chi connectivity index (χ2n) is 6.13. The summed E-state index contributed by atoms with van der Waals surface area (Å²) in [6, 6.07) is 3.80. The minimum Gasteiger partial charge on any atom is -0.381 e. The summed E-state index contributed by atoms with van der Waals surface area (Å²) in [4.78, 5) is 17.6. The third kappa shape index (κ3) is 4.47. The Balaban J connectivity index is 0.000000921. The molecule has 3 rings (SSSR count). The highest BCUT2D eigenvalue weighted by molar-refractivity contribution is 7.21. The molecule has 1 aromatic heterocycles. The number of fused-ring (bicyclic) bond motifs is 3. The lowest BCUT2D eigenvalue weighted by atomic mass is 9.90. The number of hydrogen-bond donors (Lipinski definition) is 4. The molecular weight excluding hydrogens is 370 g/mol. The minimum absolute atomic E-state index is 0.0254. The van der Waals surface area contributed by atoms with Gasteiger partial charge in [0.15, 0.2) is 0 Å². The Hall–Kier alpha value is -2.12. The Morgan fingerprint density at radius 1 is 1.29 bits per heavy atom. The van der Waals surface area contributed by atoms with Gasteiger partial charge in [0.2, 0.25) is 0 Å². The van der Waals surface area contributed by atoms with Crippen LogP contribution in [0.3, 0.4) is 0 Å². The zero-order valence-corrected chi connectivity index (χ0v) is 18.8. The maximum Gasteiger partial charge on any atom is 0.264 e. The Morgan fingerprint density at radius 3 is 2.50 bits per heavy atom. The number of rotatable bonds is 5. The van der Waals surface area contributed by atoms with Gasteiger partial charge >= 0.3 is 0 Å². The van der Waals surface area contributed by atoms with Crippen LogP contribution in [0, 0.1) is 0 Å². The van der Waals surface area contributed by atoms with Crippen molar-refractivity contribution in [2.24, 2.45) is 10.8 Å². The summed E-state index contributed by atoms with van der Waals surface area (Å²) in [5, 5.41) is 7.65. The SMILES string of the molecule is C=Nc1ccc2sc3c(c2c1NN)NCC(CC)(CCC)NC3=O.CC.CC. The lowest BCUT2D eigenvalue weighted by Gasteiger charge is -2.32. The molecule has 1 aliphatic heterocycles. The van der Waals surface area contributed by atoms with E-state index in [0.717, 1.165) is 35.0 Å². The first kappa shape index (κ1) is 23.9. The average molecular weight is 406 g/mol. The van der Waals surface area contributed by atoms with E-state index in [9.17, 15) is 4.79 Å². The van der Waals surface area contributed by atoms with E-state index in [1.165, 1.54) is 11.3 Å². The summed E-state index contributed by atoms with van der Waals surface area (Å²) in [6.45, 7) is 16.5. The van der Waals surface area contributed by atoms with Crippen LogP contribution in [0.25, 0.3) is 10.1 Å². The topological polar surface area (TPSA) is 91.5 Å². The lowest BCUT2D eigenvalue weighted by Crippen LogP contribution is -2.51. The standard InChI is InChI=1S/C17H23N5OS.2C2H6/c1-4-8-17(5-2)9-20-14-12-11(24-15(14)16(23)21-17)7-6-10(19-3)13(12)22-18;2*1-2/h6-7,20,22H,3-5,8-9,18H2,1-2H3,(H,21,23);2*1-2H3. The number of amides is 1. The fourth-order valence-corrected chi connectivity index (χ4v) is 4.49. The first-order chi connectivity index (χ1) is 13.6. The van der Waals surface area contributed by atoms with Crippen molar-refractivity contribution >= 4 is 51.1 Å². The molecule has 156 valence electrons. The molecule has 1 unspecified atom stereocenters. The van der Waals surface area contributed by atoms with Crippen molar-refractivity contribution in [1.82, 2.24) is 5.32 Å². The molecule has 6 nitrogen and oxygen atoms in total.